The molecular weight excluding hydrogens is 304 g/mol. The number of halogens is 2. The maximum Gasteiger partial charge on any atom is 0.196 e. The summed E-state index contributed by atoms with van der Waals surface area (Å²) >= 11 is 0. The number of rotatable bonds is 8. The van der Waals surface area contributed by atoms with Crippen LogP contribution in [0, 0.1) is 29.0 Å². The second-order valence-electron chi connectivity index (χ2n) is 7.00. The van der Waals surface area contributed by atoms with E-state index in [0.29, 0.717) is 12.3 Å². The van der Waals surface area contributed by atoms with Crippen LogP contribution in [-0.2, 0) is 6.42 Å². The molecule has 1 aliphatic carbocycles. The van der Waals surface area contributed by atoms with Crippen molar-refractivity contribution in [1.82, 2.24) is 0 Å². The Kier molecular flexibility index (Phi) is 7.95. The van der Waals surface area contributed by atoms with Crippen molar-refractivity contribution in [3.8, 4) is 6.07 Å². The molecule has 0 spiro atoms. The molecule has 1 aromatic carbocycles. The summed E-state index contributed by atoms with van der Waals surface area (Å²) in [7, 11) is 0. The molecule has 3 heteroatoms. The summed E-state index contributed by atoms with van der Waals surface area (Å²) in [6, 6.07) is 8.36. The van der Waals surface area contributed by atoms with Crippen LogP contribution in [-0.4, -0.2) is 0 Å². The van der Waals surface area contributed by atoms with Crippen molar-refractivity contribution >= 4 is 0 Å². The van der Waals surface area contributed by atoms with Crippen LogP contribution in [0.25, 0.3) is 0 Å². The molecule has 1 fully saturated rings. The van der Waals surface area contributed by atoms with Gasteiger partial charge in [0.2, 0.25) is 0 Å². The molecule has 0 aliphatic heterocycles. The van der Waals surface area contributed by atoms with Crippen LogP contribution in [0.2, 0.25) is 0 Å². The lowest BCUT2D eigenvalue weighted by Crippen LogP contribution is -2.14. The molecular formula is C21H27F2N. The van der Waals surface area contributed by atoms with Crippen molar-refractivity contribution < 1.29 is 8.78 Å². The van der Waals surface area contributed by atoms with Gasteiger partial charge in [-0.05, 0) is 61.3 Å². The first kappa shape index (κ1) is 18.6. The van der Waals surface area contributed by atoms with E-state index in [4.69, 9.17) is 5.26 Å². The average Bonchev–Trinajstić information content (AvgIpc) is 2.61. The Labute approximate surface area is 144 Å². The average molecular weight is 331 g/mol. The van der Waals surface area contributed by atoms with E-state index in [0.717, 1.165) is 18.8 Å². The summed E-state index contributed by atoms with van der Waals surface area (Å²) in [5.41, 5.74) is 1.22. The Bertz CT molecular complexity index is 548. The van der Waals surface area contributed by atoms with Gasteiger partial charge in [-0.15, -0.1) is 0 Å². The number of aryl methyl sites for hydroxylation is 1. The lowest BCUT2D eigenvalue weighted by Gasteiger charge is -2.28. The third-order valence-corrected chi connectivity index (χ3v) is 5.21. The van der Waals surface area contributed by atoms with Crippen molar-refractivity contribution in [2.24, 2.45) is 11.8 Å². The molecule has 24 heavy (non-hydrogen) atoms. The van der Waals surface area contributed by atoms with Gasteiger partial charge in [-0.25, -0.2) is 4.39 Å². The van der Waals surface area contributed by atoms with E-state index in [1.54, 1.807) is 0 Å². The molecule has 0 amide bonds. The second kappa shape index (κ2) is 10.2. The van der Waals surface area contributed by atoms with E-state index < -0.39 is 5.83 Å². The highest BCUT2D eigenvalue weighted by molar-refractivity contribution is 5.16. The molecule has 1 aromatic rings. The number of benzene rings is 1. The maximum atomic E-state index is 12.8. The molecule has 1 saturated carbocycles. The Morgan fingerprint density at radius 1 is 1.04 bits per heavy atom. The lowest BCUT2D eigenvalue weighted by atomic mass is 9.78. The highest BCUT2D eigenvalue weighted by atomic mass is 19.1. The fourth-order valence-electron chi connectivity index (χ4n) is 3.71. The van der Waals surface area contributed by atoms with Gasteiger partial charge in [0.15, 0.2) is 5.83 Å². The standard InChI is InChI=1S/C21H27F2N/c22-20-14-12-18(13-15-20)5-2-1-4-17-8-10-19(11-9-17)6-3-7-21(23)16-24/h7,12-15,17,19H,1-6,8-11H2/b21-7-. The molecule has 0 radical (unpaired) electrons. The summed E-state index contributed by atoms with van der Waals surface area (Å²) in [6.07, 6.45) is 12.9. The van der Waals surface area contributed by atoms with E-state index in [9.17, 15) is 8.78 Å². The van der Waals surface area contributed by atoms with Gasteiger partial charge >= 0.3 is 0 Å². The van der Waals surface area contributed by atoms with Crippen LogP contribution in [0.5, 0.6) is 0 Å². The largest absolute Gasteiger partial charge is 0.207 e. The molecule has 1 nitrogen and oxygen atoms in total. The monoisotopic (exact) mass is 331 g/mol. The lowest BCUT2D eigenvalue weighted by molar-refractivity contribution is 0.250. The van der Waals surface area contributed by atoms with E-state index in [1.165, 1.54) is 74.8 Å². The third-order valence-electron chi connectivity index (χ3n) is 5.21. The van der Waals surface area contributed by atoms with Crippen molar-refractivity contribution in [3.63, 3.8) is 0 Å². The second-order valence-corrected chi connectivity index (χ2v) is 7.00. The molecule has 0 bridgehead atoms. The highest BCUT2D eigenvalue weighted by Crippen LogP contribution is 2.34. The van der Waals surface area contributed by atoms with Crippen LogP contribution >= 0.6 is 0 Å². The Morgan fingerprint density at radius 2 is 1.67 bits per heavy atom. The predicted molar refractivity (Wildman–Crippen MR) is 93.4 cm³/mol. The van der Waals surface area contributed by atoms with Crippen LogP contribution < -0.4 is 0 Å². The number of nitrogens with zero attached hydrogens (tertiary/aromatic N) is 1. The quantitative estimate of drug-likeness (QED) is 0.394. The predicted octanol–water partition coefficient (Wildman–Crippen LogP) is 6.50. The number of hydrogen-bond donors (Lipinski definition) is 0. The molecule has 1 aliphatic rings. The number of unbranched alkanes of at least 4 members (excludes halogenated alkanes) is 1. The van der Waals surface area contributed by atoms with E-state index >= 15 is 0 Å². The minimum absolute atomic E-state index is 0.165. The molecule has 0 heterocycles. The molecule has 0 aromatic heterocycles. The summed E-state index contributed by atoms with van der Waals surface area (Å²) in [5, 5.41) is 8.38. The van der Waals surface area contributed by atoms with Gasteiger partial charge < -0.3 is 0 Å². The molecule has 0 saturated heterocycles. The van der Waals surface area contributed by atoms with Gasteiger partial charge in [0.1, 0.15) is 11.9 Å². The first-order valence-electron chi connectivity index (χ1n) is 9.17. The van der Waals surface area contributed by atoms with Gasteiger partial charge in [0.25, 0.3) is 0 Å². The van der Waals surface area contributed by atoms with Gasteiger partial charge in [0.05, 0.1) is 0 Å². The summed E-state index contributed by atoms with van der Waals surface area (Å²) < 4.78 is 25.6. The highest BCUT2D eigenvalue weighted by Gasteiger charge is 2.20. The van der Waals surface area contributed by atoms with E-state index in [-0.39, 0.29) is 5.82 Å². The van der Waals surface area contributed by atoms with Crippen molar-refractivity contribution in [1.29, 1.82) is 5.26 Å². The van der Waals surface area contributed by atoms with Gasteiger partial charge in [-0.2, -0.15) is 9.65 Å². The van der Waals surface area contributed by atoms with Crippen LogP contribution in [0.3, 0.4) is 0 Å². The summed E-state index contributed by atoms with van der Waals surface area (Å²) in [5.74, 6) is 0.718. The smallest absolute Gasteiger partial charge is 0.196 e. The fraction of sp³-hybridized carbons (Fsp3) is 0.571. The molecule has 0 N–H and O–H groups in total. The maximum absolute atomic E-state index is 12.8. The summed E-state index contributed by atoms with van der Waals surface area (Å²) in [6.45, 7) is 0. The Balaban J connectivity index is 1.55. The normalized spacial score (nSPS) is 21.5. The first-order chi connectivity index (χ1) is 11.7. The third kappa shape index (κ3) is 6.83. The zero-order valence-electron chi connectivity index (χ0n) is 14.3. The molecule has 0 unspecified atom stereocenters. The van der Waals surface area contributed by atoms with E-state index in [1.807, 2.05) is 12.1 Å². The Morgan fingerprint density at radius 3 is 2.29 bits per heavy atom. The van der Waals surface area contributed by atoms with Gasteiger partial charge in [0, 0.05) is 0 Å². The van der Waals surface area contributed by atoms with Crippen molar-refractivity contribution in [3.05, 3.63) is 47.5 Å². The van der Waals surface area contributed by atoms with Gasteiger partial charge in [-0.3, -0.25) is 0 Å². The van der Waals surface area contributed by atoms with Crippen LogP contribution in [0.15, 0.2) is 36.2 Å². The zero-order chi connectivity index (χ0) is 17.2. The first-order valence-corrected chi connectivity index (χ1v) is 9.17. The Hall–Kier alpha value is -1.69. The number of nitriles is 1. The number of hydrogen-bond acceptors (Lipinski definition) is 1. The van der Waals surface area contributed by atoms with E-state index in [2.05, 4.69) is 0 Å². The topological polar surface area (TPSA) is 23.8 Å². The van der Waals surface area contributed by atoms with Gasteiger partial charge in [-0.1, -0.05) is 50.7 Å². The minimum Gasteiger partial charge on any atom is -0.207 e. The van der Waals surface area contributed by atoms with Crippen molar-refractivity contribution in [2.45, 2.75) is 64.2 Å². The summed E-state index contributed by atoms with van der Waals surface area (Å²) in [4.78, 5) is 0. The number of allylic oxidation sites excluding steroid dienone is 2. The van der Waals surface area contributed by atoms with Crippen LogP contribution in [0.4, 0.5) is 8.78 Å². The zero-order valence-corrected chi connectivity index (χ0v) is 14.3. The molecule has 0 atom stereocenters. The molecule has 130 valence electrons. The minimum atomic E-state index is -0.648. The van der Waals surface area contributed by atoms with Crippen molar-refractivity contribution in [2.75, 3.05) is 0 Å². The molecule has 2 rings (SSSR count). The fourth-order valence-corrected chi connectivity index (χ4v) is 3.71. The SMILES string of the molecule is N#C/C(F)=C/CCC1CCC(CCCCc2ccc(F)cc2)CC1. The van der Waals surface area contributed by atoms with Crippen LogP contribution in [0.1, 0.15) is 63.4 Å².